The Labute approximate surface area is 111 Å². The van der Waals surface area contributed by atoms with Gasteiger partial charge in [-0.1, -0.05) is 11.6 Å². The minimum absolute atomic E-state index is 0.0607. The monoisotopic (exact) mass is 265 g/mol. The fourth-order valence-electron chi connectivity index (χ4n) is 2.75. The summed E-state index contributed by atoms with van der Waals surface area (Å²) in [5.41, 5.74) is 1.73. The van der Waals surface area contributed by atoms with Gasteiger partial charge in [-0.15, -0.1) is 0 Å². The van der Waals surface area contributed by atoms with Gasteiger partial charge in [-0.25, -0.2) is 0 Å². The van der Waals surface area contributed by atoms with Crippen molar-refractivity contribution in [3.8, 4) is 5.75 Å². The van der Waals surface area contributed by atoms with Crippen molar-refractivity contribution in [2.75, 3.05) is 19.7 Å². The molecule has 2 heterocycles. The van der Waals surface area contributed by atoms with Gasteiger partial charge < -0.3 is 10.1 Å². The summed E-state index contributed by atoms with van der Waals surface area (Å²) < 4.78 is 5.60. The van der Waals surface area contributed by atoms with E-state index < -0.39 is 0 Å². The molecule has 96 valence electrons. The zero-order valence-electron chi connectivity index (χ0n) is 10.2. The summed E-state index contributed by atoms with van der Waals surface area (Å²) in [6.07, 6.45) is 2.85. The second-order valence-electron chi connectivity index (χ2n) is 4.95. The lowest BCUT2D eigenvalue weighted by Crippen LogP contribution is -2.34. The van der Waals surface area contributed by atoms with Crippen molar-refractivity contribution < 1.29 is 9.53 Å². The van der Waals surface area contributed by atoms with Crippen molar-refractivity contribution in [3.05, 3.63) is 28.3 Å². The number of halogens is 1. The van der Waals surface area contributed by atoms with Crippen molar-refractivity contribution in [1.82, 2.24) is 5.32 Å². The van der Waals surface area contributed by atoms with Crippen LogP contribution in [0.15, 0.2) is 12.1 Å². The van der Waals surface area contributed by atoms with Crippen LogP contribution in [-0.4, -0.2) is 25.5 Å². The second kappa shape index (κ2) is 4.90. The van der Waals surface area contributed by atoms with Crippen LogP contribution in [0, 0.1) is 5.92 Å². The van der Waals surface area contributed by atoms with E-state index in [-0.39, 0.29) is 11.7 Å². The van der Waals surface area contributed by atoms with Gasteiger partial charge >= 0.3 is 0 Å². The topological polar surface area (TPSA) is 38.3 Å². The van der Waals surface area contributed by atoms with Crippen molar-refractivity contribution in [1.29, 1.82) is 0 Å². The van der Waals surface area contributed by atoms with E-state index in [0.29, 0.717) is 17.2 Å². The Morgan fingerprint density at radius 2 is 2.33 bits per heavy atom. The molecule has 1 fully saturated rings. The van der Waals surface area contributed by atoms with E-state index in [1.807, 2.05) is 6.07 Å². The summed E-state index contributed by atoms with van der Waals surface area (Å²) in [4.78, 5) is 12.5. The highest BCUT2D eigenvalue weighted by atomic mass is 35.5. The first-order chi connectivity index (χ1) is 8.75. The third-order valence-electron chi connectivity index (χ3n) is 3.68. The number of hydrogen-bond acceptors (Lipinski definition) is 3. The lowest BCUT2D eigenvalue weighted by molar-refractivity contribution is 0.0896. The molecule has 2 aliphatic heterocycles. The van der Waals surface area contributed by atoms with Gasteiger partial charge in [0.1, 0.15) is 5.75 Å². The SMILES string of the molecule is O=C(c1cc(Cl)cc2c1OCC2)C1CCCNC1. The number of hydrogen-bond donors (Lipinski definition) is 1. The maximum Gasteiger partial charge on any atom is 0.170 e. The number of piperidine rings is 1. The molecule has 0 aromatic heterocycles. The number of benzene rings is 1. The molecular weight excluding hydrogens is 250 g/mol. The highest BCUT2D eigenvalue weighted by molar-refractivity contribution is 6.31. The van der Waals surface area contributed by atoms with Crippen molar-refractivity contribution >= 4 is 17.4 Å². The molecule has 3 rings (SSSR count). The summed E-state index contributed by atoms with van der Waals surface area (Å²) in [7, 11) is 0. The van der Waals surface area contributed by atoms with Gasteiger partial charge in [-0.05, 0) is 37.1 Å². The highest BCUT2D eigenvalue weighted by Gasteiger charge is 2.28. The molecule has 3 nitrogen and oxygen atoms in total. The van der Waals surface area contributed by atoms with Gasteiger partial charge in [-0.2, -0.15) is 0 Å². The van der Waals surface area contributed by atoms with Crippen LogP contribution in [0.3, 0.4) is 0 Å². The molecule has 1 saturated heterocycles. The van der Waals surface area contributed by atoms with E-state index in [2.05, 4.69) is 5.32 Å². The van der Waals surface area contributed by atoms with Crippen LogP contribution in [0.2, 0.25) is 5.02 Å². The normalized spacial score (nSPS) is 22.4. The van der Waals surface area contributed by atoms with Gasteiger partial charge in [0, 0.05) is 23.9 Å². The number of Topliss-reactive ketones (excluding diaryl/α,β-unsaturated/α-hetero) is 1. The van der Waals surface area contributed by atoms with Crippen LogP contribution in [-0.2, 0) is 6.42 Å². The van der Waals surface area contributed by atoms with Crippen molar-refractivity contribution in [3.63, 3.8) is 0 Å². The zero-order chi connectivity index (χ0) is 12.5. The van der Waals surface area contributed by atoms with Crippen molar-refractivity contribution in [2.24, 2.45) is 5.92 Å². The largest absolute Gasteiger partial charge is 0.492 e. The summed E-state index contributed by atoms with van der Waals surface area (Å²) >= 11 is 6.09. The molecule has 1 N–H and O–H groups in total. The predicted octanol–water partition coefficient (Wildman–Crippen LogP) is 2.46. The molecule has 0 bridgehead atoms. The van der Waals surface area contributed by atoms with Gasteiger partial charge in [0.25, 0.3) is 0 Å². The van der Waals surface area contributed by atoms with Gasteiger partial charge in [0.15, 0.2) is 5.78 Å². The molecule has 4 heteroatoms. The van der Waals surface area contributed by atoms with E-state index in [0.717, 1.165) is 43.7 Å². The number of ether oxygens (including phenoxy) is 1. The summed E-state index contributed by atoms with van der Waals surface area (Å²) in [5, 5.41) is 3.90. The molecule has 18 heavy (non-hydrogen) atoms. The molecule has 0 radical (unpaired) electrons. The first kappa shape index (κ1) is 12.0. The Morgan fingerprint density at radius 1 is 1.44 bits per heavy atom. The predicted molar refractivity (Wildman–Crippen MR) is 70.6 cm³/mol. The smallest absolute Gasteiger partial charge is 0.170 e. The molecule has 0 saturated carbocycles. The van der Waals surface area contributed by atoms with Crippen LogP contribution >= 0.6 is 11.6 Å². The van der Waals surface area contributed by atoms with E-state index >= 15 is 0 Å². The molecular formula is C14H16ClNO2. The van der Waals surface area contributed by atoms with Crippen molar-refractivity contribution in [2.45, 2.75) is 19.3 Å². The standard InChI is InChI=1S/C14H16ClNO2/c15-11-6-9-3-5-18-14(9)12(7-11)13(17)10-2-1-4-16-8-10/h6-7,10,16H,1-5,8H2. The van der Waals surface area contributed by atoms with Crippen LogP contribution in [0.25, 0.3) is 0 Å². The minimum Gasteiger partial charge on any atom is -0.492 e. The molecule has 1 atom stereocenters. The number of ketones is 1. The molecule has 2 aliphatic rings. The Bertz CT molecular complexity index is 481. The highest BCUT2D eigenvalue weighted by Crippen LogP contribution is 2.34. The quantitative estimate of drug-likeness (QED) is 0.835. The first-order valence-electron chi connectivity index (χ1n) is 6.46. The average molecular weight is 266 g/mol. The van der Waals surface area contributed by atoms with E-state index in [1.54, 1.807) is 6.07 Å². The molecule has 0 amide bonds. The summed E-state index contributed by atoms with van der Waals surface area (Å²) in [6.45, 7) is 2.42. The summed E-state index contributed by atoms with van der Waals surface area (Å²) in [6, 6.07) is 3.66. The third-order valence-corrected chi connectivity index (χ3v) is 3.90. The molecule has 0 spiro atoms. The number of fused-ring (bicyclic) bond motifs is 1. The summed E-state index contributed by atoms with van der Waals surface area (Å²) in [5.74, 6) is 0.989. The zero-order valence-corrected chi connectivity index (χ0v) is 10.9. The average Bonchev–Trinajstić information content (AvgIpc) is 2.86. The maximum atomic E-state index is 12.5. The third kappa shape index (κ3) is 2.13. The van der Waals surface area contributed by atoms with Crippen LogP contribution in [0.5, 0.6) is 5.75 Å². The fourth-order valence-corrected chi connectivity index (χ4v) is 2.99. The molecule has 0 aliphatic carbocycles. The number of carbonyl (C=O) groups is 1. The van der Waals surface area contributed by atoms with E-state index in [1.165, 1.54) is 0 Å². The van der Waals surface area contributed by atoms with Crippen LogP contribution < -0.4 is 10.1 Å². The van der Waals surface area contributed by atoms with Crippen LogP contribution in [0.4, 0.5) is 0 Å². The lowest BCUT2D eigenvalue weighted by atomic mass is 9.90. The van der Waals surface area contributed by atoms with Gasteiger partial charge in [0.05, 0.1) is 12.2 Å². The Kier molecular flexibility index (Phi) is 3.27. The minimum atomic E-state index is 0.0607. The molecule has 1 unspecified atom stereocenters. The van der Waals surface area contributed by atoms with E-state index in [4.69, 9.17) is 16.3 Å². The Hall–Kier alpha value is -1.06. The fraction of sp³-hybridized carbons (Fsp3) is 0.500. The van der Waals surface area contributed by atoms with E-state index in [9.17, 15) is 4.79 Å². The molecule has 1 aromatic carbocycles. The molecule has 1 aromatic rings. The first-order valence-corrected chi connectivity index (χ1v) is 6.83. The number of carbonyl (C=O) groups excluding carboxylic acids is 1. The Morgan fingerprint density at radius 3 is 3.11 bits per heavy atom. The van der Waals surface area contributed by atoms with Gasteiger partial charge in [0.2, 0.25) is 0 Å². The number of rotatable bonds is 2. The Balaban J connectivity index is 1.93. The van der Waals surface area contributed by atoms with Crippen LogP contribution in [0.1, 0.15) is 28.8 Å². The second-order valence-corrected chi connectivity index (χ2v) is 5.38. The number of nitrogens with one attached hydrogen (secondary N) is 1. The van der Waals surface area contributed by atoms with Gasteiger partial charge in [-0.3, -0.25) is 4.79 Å². The lowest BCUT2D eigenvalue weighted by Gasteiger charge is -2.22. The maximum absolute atomic E-state index is 12.5.